The molecule has 0 aliphatic heterocycles. The summed E-state index contributed by atoms with van der Waals surface area (Å²) in [5.41, 5.74) is 0.415. The van der Waals surface area contributed by atoms with E-state index in [0.717, 1.165) is 4.90 Å². The lowest BCUT2D eigenvalue weighted by atomic mass is 10.3. The number of halogens is 3. The molecule has 0 radical (unpaired) electrons. The highest BCUT2D eigenvalue weighted by molar-refractivity contribution is 8.00. The number of alkyl halides is 3. The molecule has 7 heteroatoms. The number of carbonyl (C=O) groups excluding carboxylic acids is 1. The van der Waals surface area contributed by atoms with Crippen molar-refractivity contribution in [3.8, 4) is 0 Å². The number of hydrogen-bond donors (Lipinski definition) is 1. The lowest BCUT2D eigenvalue weighted by Gasteiger charge is -2.11. The maximum absolute atomic E-state index is 11.9. The average molecular weight is 319 g/mol. The van der Waals surface area contributed by atoms with Gasteiger partial charge in [-0.3, -0.25) is 5.32 Å². The molecule has 1 aliphatic rings. The first-order valence-electron chi connectivity index (χ1n) is 6.70. The molecule has 0 bridgehead atoms. The summed E-state index contributed by atoms with van der Waals surface area (Å²) in [5.74, 6) is 0. The Bertz CT molecular complexity index is 470. The number of benzene rings is 1. The monoisotopic (exact) mass is 319 g/mol. The van der Waals surface area contributed by atoms with Crippen LogP contribution in [-0.4, -0.2) is 24.1 Å². The van der Waals surface area contributed by atoms with E-state index in [0.29, 0.717) is 10.9 Å². The molecule has 0 unspecified atom stereocenters. The maximum atomic E-state index is 11.9. The summed E-state index contributed by atoms with van der Waals surface area (Å²) in [4.78, 5) is 12.3. The summed E-state index contributed by atoms with van der Waals surface area (Å²) in [5, 5.41) is 2.90. The fourth-order valence-corrected chi connectivity index (χ4v) is 3.36. The van der Waals surface area contributed by atoms with Gasteiger partial charge in [0.1, 0.15) is 0 Å². The van der Waals surface area contributed by atoms with Crippen LogP contribution in [0.25, 0.3) is 0 Å². The van der Waals surface area contributed by atoms with E-state index in [4.69, 9.17) is 0 Å². The molecule has 1 aliphatic carbocycles. The van der Waals surface area contributed by atoms with Crippen LogP contribution in [0.3, 0.4) is 0 Å². The van der Waals surface area contributed by atoms with Gasteiger partial charge >= 0.3 is 12.3 Å². The van der Waals surface area contributed by atoms with Crippen LogP contribution in [0.1, 0.15) is 25.7 Å². The third-order valence-electron chi connectivity index (χ3n) is 3.07. The summed E-state index contributed by atoms with van der Waals surface area (Å²) in [6.45, 7) is -1.59. The van der Waals surface area contributed by atoms with Gasteiger partial charge < -0.3 is 4.74 Å². The first-order chi connectivity index (χ1) is 9.92. The van der Waals surface area contributed by atoms with Gasteiger partial charge in [-0.1, -0.05) is 12.8 Å². The molecule has 21 heavy (non-hydrogen) atoms. The summed E-state index contributed by atoms with van der Waals surface area (Å²) in [6, 6.07) is 7.02. The van der Waals surface area contributed by atoms with Gasteiger partial charge in [0.15, 0.2) is 6.61 Å². The number of nitrogens with one attached hydrogen (secondary N) is 1. The van der Waals surface area contributed by atoms with E-state index in [1.807, 2.05) is 12.1 Å². The van der Waals surface area contributed by atoms with Crippen LogP contribution in [0, 0.1) is 0 Å². The maximum Gasteiger partial charge on any atom is 0.422 e. The Labute approximate surface area is 125 Å². The second-order valence-corrected chi connectivity index (χ2v) is 6.24. The molecule has 0 spiro atoms. The topological polar surface area (TPSA) is 38.3 Å². The summed E-state index contributed by atoms with van der Waals surface area (Å²) >= 11 is 1.80. The number of thioether (sulfide) groups is 1. The second kappa shape index (κ2) is 7.06. The van der Waals surface area contributed by atoms with Crippen LogP contribution < -0.4 is 5.32 Å². The molecule has 3 nitrogen and oxygen atoms in total. The normalized spacial score (nSPS) is 16.0. The van der Waals surface area contributed by atoms with Gasteiger partial charge in [-0.25, -0.2) is 4.79 Å². The molecular weight excluding hydrogens is 303 g/mol. The zero-order chi connectivity index (χ0) is 15.3. The van der Waals surface area contributed by atoms with Crippen LogP contribution in [-0.2, 0) is 4.74 Å². The van der Waals surface area contributed by atoms with Gasteiger partial charge in [-0.05, 0) is 37.1 Å². The number of carbonyl (C=O) groups is 1. The Balaban J connectivity index is 1.80. The van der Waals surface area contributed by atoms with E-state index in [9.17, 15) is 18.0 Å². The van der Waals surface area contributed by atoms with E-state index in [1.54, 1.807) is 23.9 Å². The first kappa shape index (κ1) is 16.0. The first-order valence-corrected chi connectivity index (χ1v) is 7.57. The lowest BCUT2D eigenvalue weighted by molar-refractivity contribution is -0.159. The number of ether oxygens (including phenoxy) is 1. The van der Waals surface area contributed by atoms with E-state index in [1.165, 1.54) is 25.7 Å². The smallest absolute Gasteiger partial charge is 0.422 e. The fourth-order valence-electron chi connectivity index (χ4n) is 2.12. The minimum Gasteiger partial charge on any atom is -0.440 e. The third kappa shape index (κ3) is 5.87. The zero-order valence-corrected chi connectivity index (χ0v) is 12.1. The molecule has 0 aromatic heterocycles. The molecule has 2 rings (SSSR count). The van der Waals surface area contributed by atoms with E-state index in [-0.39, 0.29) is 0 Å². The van der Waals surface area contributed by atoms with Crippen molar-refractivity contribution in [1.29, 1.82) is 0 Å². The van der Waals surface area contributed by atoms with E-state index < -0.39 is 18.9 Å². The van der Waals surface area contributed by atoms with Crippen LogP contribution in [0.5, 0.6) is 0 Å². The number of hydrogen-bond acceptors (Lipinski definition) is 3. The quantitative estimate of drug-likeness (QED) is 0.863. The number of rotatable bonds is 4. The standard InChI is InChI=1S/C14H16F3NO2S/c15-14(16,17)9-20-13(19)18-10-5-7-12(8-6-10)21-11-3-1-2-4-11/h5-8,11H,1-4,9H2,(H,18,19). The SMILES string of the molecule is O=C(Nc1ccc(SC2CCCC2)cc1)OCC(F)(F)F. The average Bonchev–Trinajstić information content (AvgIpc) is 2.91. The molecule has 1 aromatic rings. The Hall–Kier alpha value is -1.37. The Kier molecular flexibility index (Phi) is 5.39. The Morgan fingerprint density at radius 1 is 1.24 bits per heavy atom. The lowest BCUT2D eigenvalue weighted by Crippen LogP contribution is -2.23. The van der Waals surface area contributed by atoms with Gasteiger partial charge in [0.05, 0.1) is 0 Å². The highest BCUT2D eigenvalue weighted by Gasteiger charge is 2.29. The predicted molar refractivity (Wildman–Crippen MR) is 75.6 cm³/mol. The van der Waals surface area contributed by atoms with Crippen LogP contribution in [0.2, 0.25) is 0 Å². The second-order valence-electron chi connectivity index (χ2n) is 4.87. The fraction of sp³-hybridized carbons (Fsp3) is 0.500. The molecule has 0 heterocycles. The Morgan fingerprint density at radius 2 is 1.86 bits per heavy atom. The molecule has 116 valence electrons. The van der Waals surface area contributed by atoms with Crippen molar-refractivity contribution < 1.29 is 22.7 Å². The van der Waals surface area contributed by atoms with Crippen molar-refractivity contribution in [2.45, 2.75) is 42.0 Å². The summed E-state index contributed by atoms with van der Waals surface area (Å²) < 4.78 is 39.7. The minimum atomic E-state index is -4.51. The zero-order valence-electron chi connectivity index (χ0n) is 11.3. The highest BCUT2D eigenvalue weighted by atomic mass is 32.2. The van der Waals surface area contributed by atoms with Crippen molar-refractivity contribution in [3.63, 3.8) is 0 Å². The Morgan fingerprint density at radius 3 is 2.43 bits per heavy atom. The van der Waals surface area contributed by atoms with E-state index >= 15 is 0 Å². The van der Waals surface area contributed by atoms with Crippen molar-refractivity contribution in [1.82, 2.24) is 0 Å². The molecule has 1 fully saturated rings. The molecule has 0 saturated heterocycles. The van der Waals surface area contributed by atoms with Crippen molar-refractivity contribution >= 4 is 23.5 Å². The van der Waals surface area contributed by atoms with Crippen molar-refractivity contribution in [2.24, 2.45) is 0 Å². The van der Waals surface area contributed by atoms with Gasteiger partial charge in [-0.15, -0.1) is 11.8 Å². The summed E-state index contributed by atoms with van der Waals surface area (Å²) in [7, 11) is 0. The van der Waals surface area contributed by atoms with Crippen LogP contribution in [0.4, 0.5) is 23.7 Å². The minimum absolute atomic E-state index is 0.415. The third-order valence-corrected chi connectivity index (χ3v) is 4.42. The van der Waals surface area contributed by atoms with Crippen molar-refractivity contribution in [3.05, 3.63) is 24.3 Å². The summed E-state index contributed by atoms with van der Waals surface area (Å²) in [6.07, 6.45) is -0.657. The van der Waals surface area contributed by atoms with Crippen LogP contribution >= 0.6 is 11.8 Å². The predicted octanol–water partition coefficient (Wildman–Crippen LogP) is 4.83. The molecule has 1 aromatic carbocycles. The highest BCUT2D eigenvalue weighted by Crippen LogP contribution is 2.34. The molecule has 0 atom stereocenters. The van der Waals surface area contributed by atoms with Gasteiger partial charge in [0.2, 0.25) is 0 Å². The molecule has 1 saturated carbocycles. The van der Waals surface area contributed by atoms with Crippen molar-refractivity contribution in [2.75, 3.05) is 11.9 Å². The number of anilines is 1. The van der Waals surface area contributed by atoms with Crippen LogP contribution in [0.15, 0.2) is 29.2 Å². The molecular formula is C14H16F3NO2S. The number of amides is 1. The molecule has 1 amide bonds. The van der Waals surface area contributed by atoms with Gasteiger partial charge in [0, 0.05) is 15.8 Å². The molecule has 1 N–H and O–H groups in total. The van der Waals surface area contributed by atoms with Gasteiger partial charge in [0.25, 0.3) is 0 Å². The van der Waals surface area contributed by atoms with Gasteiger partial charge in [-0.2, -0.15) is 13.2 Å². The van der Waals surface area contributed by atoms with E-state index in [2.05, 4.69) is 10.1 Å². The largest absolute Gasteiger partial charge is 0.440 e.